The van der Waals surface area contributed by atoms with Crippen LogP contribution in [0.1, 0.15) is 48.2 Å². The highest BCUT2D eigenvalue weighted by Crippen LogP contribution is 2.33. The van der Waals surface area contributed by atoms with E-state index in [-0.39, 0.29) is 24.3 Å². The van der Waals surface area contributed by atoms with Gasteiger partial charge in [0.2, 0.25) is 0 Å². The predicted molar refractivity (Wildman–Crippen MR) is 92.1 cm³/mol. The van der Waals surface area contributed by atoms with Gasteiger partial charge in [0.05, 0.1) is 24.3 Å². The lowest BCUT2D eigenvalue weighted by Crippen LogP contribution is -2.34. The van der Waals surface area contributed by atoms with Crippen molar-refractivity contribution in [3.8, 4) is 0 Å². The molecule has 4 rings (SSSR count). The first-order chi connectivity index (χ1) is 11.2. The lowest BCUT2D eigenvalue weighted by Gasteiger charge is -2.28. The molecule has 0 radical (unpaired) electrons. The molecular formula is C20H24N2O. The normalized spacial score (nSPS) is 25.0. The Hall–Kier alpha value is -1.68. The summed E-state index contributed by atoms with van der Waals surface area (Å²) in [4.78, 5) is 0. The Kier molecular flexibility index (Phi) is 3.93. The third-order valence-electron chi connectivity index (χ3n) is 5.17. The van der Waals surface area contributed by atoms with Gasteiger partial charge in [0.25, 0.3) is 0 Å². The standard InChI is InChI=1S/C20H24N2O/c1-13(19-17-9-5-3-7-15(17)11-21-19)23-14(2)20-18-10-6-4-8-16(18)12-22-20/h3-10,13-14,19-22H,11-12H2,1-2H3. The summed E-state index contributed by atoms with van der Waals surface area (Å²) in [5.41, 5.74) is 5.55. The molecule has 23 heavy (non-hydrogen) atoms. The Morgan fingerprint density at radius 3 is 1.70 bits per heavy atom. The summed E-state index contributed by atoms with van der Waals surface area (Å²) in [5, 5.41) is 7.18. The molecule has 4 atom stereocenters. The summed E-state index contributed by atoms with van der Waals surface area (Å²) in [6.07, 6.45) is 0.284. The summed E-state index contributed by atoms with van der Waals surface area (Å²) in [6, 6.07) is 17.8. The zero-order chi connectivity index (χ0) is 15.8. The number of hydrogen-bond acceptors (Lipinski definition) is 3. The molecule has 4 unspecified atom stereocenters. The van der Waals surface area contributed by atoms with Gasteiger partial charge in [-0.1, -0.05) is 48.5 Å². The smallest absolute Gasteiger partial charge is 0.0746 e. The lowest BCUT2D eigenvalue weighted by atomic mass is 9.99. The zero-order valence-electron chi connectivity index (χ0n) is 13.8. The minimum absolute atomic E-state index is 0.142. The Balaban J connectivity index is 1.47. The van der Waals surface area contributed by atoms with Crippen LogP contribution in [0.2, 0.25) is 0 Å². The van der Waals surface area contributed by atoms with Crippen molar-refractivity contribution in [3.05, 3.63) is 70.8 Å². The summed E-state index contributed by atoms with van der Waals surface area (Å²) in [7, 11) is 0. The van der Waals surface area contributed by atoms with Crippen LogP contribution in [-0.4, -0.2) is 12.2 Å². The minimum Gasteiger partial charge on any atom is -0.372 e. The number of hydrogen-bond donors (Lipinski definition) is 2. The van der Waals surface area contributed by atoms with Crippen molar-refractivity contribution in [2.75, 3.05) is 0 Å². The van der Waals surface area contributed by atoms with Gasteiger partial charge in [-0.25, -0.2) is 0 Å². The maximum atomic E-state index is 6.41. The van der Waals surface area contributed by atoms with E-state index in [0.29, 0.717) is 0 Å². The largest absolute Gasteiger partial charge is 0.372 e. The van der Waals surface area contributed by atoms with Crippen molar-refractivity contribution >= 4 is 0 Å². The van der Waals surface area contributed by atoms with Gasteiger partial charge in [0.15, 0.2) is 0 Å². The molecule has 120 valence electrons. The summed E-state index contributed by atoms with van der Waals surface area (Å²) >= 11 is 0. The van der Waals surface area contributed by atoms with Crippen molar-refractivity contribution in [2.24, 2.45) is 0 Å². The predicted octanol–water partition coefficient (Wildman–Crippen LogP) is 3.47. The van der Waals surface area contributed by atoms with Crippen molar-refractivity contribution in [1.82, 2.24) is 10.6 Å². The highest BCUT2D eigenvalue weighted by atomic mass is 16.5. The molecule has 2 heterocycles. The third kappa shape index (κ3) is 2.69. The fraction of sp³-hybridized carbons (Fsp3) is 0.400. The Bertz CT molecular complexity index is 640. The first-order valence-electron chi connectivity index (χ1n) is 8.52. The van der Waals surface area contributed by atoms with Crippen molar-refractivity contribution in [1.29, 1.82) is 0 Å². The van der Waals surface area contributed by atoms with Gasteiger partial charge in [-0.2, -0.15) is 0 Å². The van der Waals surface area contributed by atoms with E-state index in [0.717, 1.165) is 13.1 Å². The molecule has 0 amide bonds. The second kappa shape index (κ2) is 6.08. The molecule has 3 heteroatoms. The summed E-state index contributed by atoms with van der Waals surface area (Å²) in [5.74, 6) is 0. The Morgan fingerprint density at radius 2 is 1.22 bits per heavy atom. The molecular weight excluding hydrogens is 284 g/mol. The van der Waals surface area contributed by atoms with Gasteiger partial charge < -0.3 is 15.4 Å². The average molecular weight is 308 g/mol. The molecule has 0 aromatic heterocycles. The van der Waals surface area contributed by atoms with Crippen molar-refractivity contribution in [3.63, 3.8) is 0 Å². The van der Waals surface area contributed by atoms with Crippen LogP contribution in [0, 0.1) is 0 Å². The molecule has 2 aliphatic rings. The van der Waals surface area contributed by atoms with Crippen molar-refractivity contribution in [2.45, 2.75) is 51.2 Å². The topological polar surface area (TPSA) is 33.3 Å². The van der Waals surface area contributed by atoms with E-state index in [2.05, 4.69) is 73.0 Å². The lowest BCUT2D eigenvalue weighted by molar-refractivity contribution is -0.0278. The van der Waals surface area contributed by atoms with E-state index in [4.69, 9.17) is 4.74 Å². The average Bonchev–Trinajstić information content (AvgIpc) is 3.19. The highest BCUT2D eigenvalue weighted by molar-refractivity contribution is 5.35. The van der Waals surface area contributed by atoms with Crippen LogP contribution in [0.15, 0.2) is 48.5 Å². The molecule has 0 bridgehead atoms. The van der Waals surface area contributed by atoms with E-state index in [1.165, 1.54) is 22.3 Å². The van der Waals surface area contributed by atoms with Crippen LogP contribution < -0.4 is 10.6 Å². The zero-order valence-corrected chi connectivity index (χ0v) is 13.8. The van der Waals surface area contributed by atoms with E-state index in [9.17, 15) is 0 Å². The van der Waals surface area contributed by atoms with Gasteiger partial charge >= 0.3 is 0 Å². The maximum absolute atomic E-state index is 6.41. The van der Waals surface area contributed by atoms with Crippen LogP contribution in [0.25, 0.3) is 0 Å². The molecule has 0 aliphatic carbocycles. The van der Waals surface area contributed by atoms with Crippen molar-refractivity contribution < 1.29 is 4.74 Å². The van der Waals surface area contributed by atoms with E-state index >= 15 is 0 Å². The molecule has 2 N–H and O–H groups in total. The van der Waals surface area contributed by atoms with Gasteiger partial charge in [-0.05, 0) is 36.1 Å². The number of benzene rings is 2. The number of fused-ring (bicyclic) bond motifs is 2. The molecule has 2 aromatic carbocycles. The fourth-order valence-corrected chi connectivity index (χ4v) is 3.99. The van der Waals surface area contributed by atoms with E-state index in [1.54, 1.807) is 0 Å². The highest BCUT2D eigenvalue weighted by Gasteiger charge is 2.32. The van der Waals surface area contributed by atoms with Crippen LogP contribution in [-0.2, 0) is 17.8 Å². The van der Waals surface area contributed by atoms with Gasteiger partial charge in [-0.3, -0.25) is 0 Å². The number of nitrogens with one attached hydrogen (secondary N) is 2. The van der Waals surface area contributed by atoms with Gasteiger partial charge in [0, 0.05) is 13.1 Å². The molecule has 0 fully saturated rings. The minimum atomic E-state index is 0.142. The number of rotatable bonds is 4. The molecule has 2 aliphatic heterocycles. The maximum Gasteiger partial charge on any atom is 0.0746 e. The SMILES string of the molecule is CC(OC(C)C1NCc2ccccc21)C1NCc2ccccc21. The quantitative estimate of drug-likeness (QED) is 0.907. The van der Waals surface area contributed by atoms with Crippen LogP contribution in [0.5, 0.6) is 0 Å². The summed E-state index contributed by atoms with van der Waals surface area (Å²) in [6.45, 7) is 6.23. The third-order valence-corrected chi connectivity index (χ3v) is 5.17. The summed E-state index contributed by atoms with van der Waals surface area (Å²) < 4.78 is 6.41. The molecule has 0 saturated heterocycles. The molecule has 0 spiro atoms. The first-order valence-corrected chi connectivity index (χ1v) is 8.52. The van der Waals surface area contributed by atoms with Crippen LogP contribution >= 0.6 is 0 Å². The van der Waals surface area contributed by atoms with Gasteiger partial charge in [-0.15, -0.1) is 0 Å². The molecule has 0 saturated carbocycles. The van der Waals surface area contributed by atoms with Gasteiger partial charge in [0.1, 0.15) is 0 Å². The fourth-order valence-electron chi connectivity index (χ4n) is 3.99. The first kappa shape index (κ1) is 14.9. The molecule has 2 aromatic rings. The second-order valence-corrected chi connectivity index (χ2v) is 6.66. The molecule has 3 nitrogen and oxygen atoms in total. The monoisotopic (exact) mass is 308 g/mol. The second-order valence-electron chi connectivity index (χ2n) is 6.66. The van der Waals surface area contributed by atoms with E-state index in [1.807, 2.05) is 0 Å². The van der Waals surface area contributed by atoms with E-state index < -0.39 is 0 Å². The number of ether oxygens (including phenoxy) is 1. The van der Waals surface area contributed by atoms with Crippen LogP contribution in [0.4, 0.5) is 0 Å². The Labute approximate surface area is 138 Å². The van der Waals surface area contributed by atoms with Crippen LogP contribution in [0.3, 0.4) is 0 Å². The Morgan fingerprint density at radius 1 is 0.783 bits per heavy atom.